The van der Waals surface area contributed by atoms with Gasteiger partial charge in [0.25, 0.3) is 0 Å². The third-order valence-electron chi connectivity index (χ3n) is 6.93. The van der Waals surface area contributed by atoms with Gasteiger partial charge in [-0.15, -0.1) is 0 Å². The summed E-state index contributed by atoms with van der Waals surface area (Å²) in [4.78, 5) is 0. The molecule has 0 saturated heterocycles. The van der Waals surface area contributed by atoms with E-state index in [1.165, 1.54) is 12.1 Å². The summed E-state index contributed by atoms with van der Waals surface area (Å²) in [6.45, 7) is 3.88. The standard InChI is InChI=1S/C20H22F3O3P/c1-3-25-27(24,26-4-2)19-17(10-7-5-6-8-13(10)20(21,22)23)16-12-9-11-14(16)15(11)18(12)19/h5-8,11-12,14-16,18H,3-4,9H2,1-2H3/t11-,12+,14?,15?,16+,18-/m1/s1. The summed E-state index contributed by atoms with van der Waals surface area (Å²) in [5.41, 5.74) is 0.131. The molecule has 0 amide bonds. The fraction of sp³-hybridized carbons (Fsp3) is 0.600. The first-order chi connectivity index (χ1) is 12.8. The molecule has 27 heavy (non-hydrogen) atoms. The summed E-state index contributed by atoms with van der Waals surface area (Å²) in [5, 5.41) is 0.555. The van der Waals surface area contributed by atoms with Crippen LogP contribution in [-0.4, -0.2) is 13.2 Å². The Kier molecular flexibility index (Phi) is 3.80. The lowest BCUT2D eigenvalue weighted by Crippen LogP contribution is -2.14. The Morgan fingerprint density at radius 3 is 2.26 bits per heavy atom. The van der Waals surface area contributed by atoms with Gasteiger partial charge in [0.05, 0.1) is 18.8 Å². The van der Waals surface area contributed by atoms with Crippen molar-refractivity contribution >= 4 is 13.2 Å². The van der Waals surface area contributed by atoms with E-state index in [1.807, 2.05) is 0 Å². The van der Waals surface area contributed by atoms with Crippen molar-refractivity contribution in [2.24, 2.45) is 35.5 Å². The van der Waals surface area contributed by atoms with Crippen molar-refractivity contribution in [1.82, 2.24) is 0 Å². The van der Waals surface area contributed by atoms with Gasteiger partial charge in [0.1, 0.15) is 0 Å². The molecule has 0 aliphatic heterocycles. The second kappa shape index (κ2) is 5.71. The largest absolute Gasteiger partial charge is 0.416 e. The molecule has 4 fully saturated rings. The summed E-state index contributed by atoms with van der Waals surface area (Å²) in [6, 6.07) is 5.68. The predicted molar refractivity (Wildman–Crippen MR) is 94.8 cm³/mol. The first-order valence-corrected chi connectivity index (χ1v) is 11.2. The lowest BCUT2D eigenvalue weighted by atomic mass is 9.87. The van der Waals surface area contributed by atoms with E-state index in [-0.39, 0.29) is 30.6 Å². The number of rotatable bonds is 6. The second-order valence-corrected chi connectivity index (χ2v) is 9.94. The number of hydrogen-bond donors (Lipinski definition) is 0. The van der Waals surface area contributed by atoms with Gasteiger partial charge in [0, 0.05) is 5.31 Å². The highest BCUT2D eigenvalue weighted by Gasteiger charge is 2.79. The van der Waals surface area contributed by atoms with Crippen LogP contribution in [0.2, 0.25) is 0 Å². The highest BCUT2D eigenvalue weighted by Crippen LogP contribution is 2.87. The molecule has 1 aromatic rings. The number of benzene rings is 1. The Morgan fingerprint density at radius 2 is 1.67 bits per heavy atom. The van der Waals surface area contributed by atoms with Crippen molar-refractivity contribution in [2.45, 2.75) is 26.4 Å². The predicted octanol–water partition coefficient (Wildman–Crippen LogP) is 5.82. The minimum Gasteiger partial charge on any atom is -0.306 e. The Bertz CT molecular complexity index is 867. The summed E-state index contributed by atoms with van der Waals surface area (Å²) < 4.78 is 66.1. The van der Waals surface area contributed by atoms with Crippen LogP contribution >= 0.6 is 7.60 Å². The van der Waals surface area contributed by atoms with Crippen LogP contribution in [0.15, 0.2) is 29.6 Å². The zero-order chi connectivity index (χ0) is 19.1. The topological polar surface area (TPSA) is 35.5 Å². The molecule has 6 bridgehead atoms. The van der Waals surface area contributed by atoms with Gasteiger partial charge in [-0.25, -0.2) is 0 Å². The van der Waals surface area contributed by atoms with E-state index in [9.17, 15) is 17.7 Å². The van der Waals surface area contributed by atoms with Gasteiger partial charge >= 0.3 is 13.8 Å². The van der Waals surface area contributed by atoms with Gasteiger partial charge in [0.2, 0.25) is 0 Å². The fourth-order valence-corrected chi connectivity index (χ4v) is 8.75. The molecule has 4 saturated carbocycles. The first kappa shape index (κ1) is 18.0. The molecule has 5 aliphatic rings. The van der Waals surface area contributed by atoms with Gasteiger partial charge in [-0.2, -0.15) is 13.2 Å². The summed E-state index contributed by atoms with van der Waals surface area (Å²) in [7, 11) is -3.61. The molecule has 0 aromatic heterocycles. The molecule has 0 spiro atoms. The molecule has 3 nitrogen and oxygen atoms in total. The fourth-order valence-electron chi connectivity index (χ4n) is 6.43. The number of alkyl halides is 3. The molecule has 0 heterocycles. The van der Waals surface area contributed by atoms with Crippen LogP contribution < -0.4 is 0 Å². The van der Waals surface area contributed by atoms with Crippen LogP contribution in [0.4, 0.5) is 13.2 Å². The summed E-state index contributed by atoms with van der Waals surface area (Å²) in [6.07, 6.45) is -3.42. The van der Waals surface area contributed by atoms with E-state index in [0.29, 0.717) is 34.6 Å². The van der Waals surface area contributed by atoms with Crippen LogP contribution in [-0.2, 0) is 19.8 Å². The van der Waals surface area contributed by atoms with E-state index in [1.54, 1.807) is 19.9 Å². The van der Waals surface area contributed by atoms with Crippen molar-refractivity contribution in [3.63, 3.8) is 0 Å². The average molecular weight is 398 g/mol. The van der Waals surface area contributed by atoms with Crippen molar-refractivity contribution in [1.29, 1.82) is 0 Å². The molecule has 5 aliphatic carbocycles. The molecule has 7 heteroatoms. The molecule has 2 unspecified atom stereocenters. The highest BCUT2D eigenvalue weighted by molar-refractivity contribution is 7.58. The Hall–Kier alpha value is -1.10. The van der Waals surface area contributed by atoms with Gasteiger partial charge in [-0.05, 0) is 73.0 Å². The van der Waals surface area contributed by atoms with E-state index >= 15 is 0 Å². The smallest absolute Gasteiger partial charge is 0.306 e. The Morgan fingerprint density at radius 1 is 1.04 bits per heavy atom. The SMILES string of the molecule is CCOP(=O)(OCC)C1=C(c2ccccc2C(F)(F)F)[C@@H]2C3C4[C@@H]3C[C@@H]2[C@@H]14. The molecule has 0 N–H and O–H groups in total. The highest BCUT2D eigenvalue weighted by atomic mass is 31.2. The third kappa shape index (κ3) is 2.27. The van der Waals surface area contributed by atoms with Crippen molar-refractivity contribution in [3.05, 3.63) is 40.7 Å². The maximum atomic E-state index is 13.7. The number of hydrogen-bond acceptors (Lipinski definition) is 3. The third-order valence-corrected chi connectivity index (χ3v) is 9.25. The maximum Gasteiger partial charge on any atom is 0.416 e. The molecule has 6 rings (SSSR count). The normalized spacial score (nSPS) is 36.0. The van der Waals surface area contributed by atoms with E-state index < -0.39 is 19.3 Å². The van der Waals surface area contributed by atoms with Crippen LogP contribution in [0.25, 0.3) is 5.57 Å². The Labute approximate surface area is 156 Å². The van der Waals surface area contributed by atoms with Crippen LogP contribution in [0.5, 0.6) is 0 Å². The molecular formula is C20H22F3O3P. The zero-order valence-electron chi connectivity index (χ0n) is 15.2. The molecule has 0 radical (unpaired) electrons. The number of halogens is 3. The maximum absolute atomic E-state index is 13.7. The molecule has 6 atom stereocenters. The van der Waals surface area contributed by atoms with Crippen LogP contribution in [0.1, 0.15) is 31.4 Å². The lowest BCUT2D eigenvalue weighted by molar-refractivity contribution is -0.137. The minimum absolute atomic E-state index is 0.0604. The van der Waals surface area contributed by atoms with Gasteiger partial charge in [0.15, 0.2) is 0 Å². The quantitative estimate of drug-likeness (QED) is 0.566. The van der Waals surface area contributed by atoms with E-state index in [0.717, 1.165) is 12.5 Å². The van der Waals surface area contributed by atoms with Crippen molar-refractivity contribution < 1.29 is 26.8 Å². The van der Waals surface area contributed by atoms with E-state index in [2.05, 4.69) is 0 Å². The molecular weight excluding hydrogens is 376 g/mol. The monoisotopic (exact) mass is 398 g/mol. The van der Waals surface area contributed by atoms with Crippen LogP contribution in [0, 0.1) is 35.5 Å². The van der Waals surface area contributed by atoms with Gasteiger partial charge in [-0.1, -0.05) is 18.2 Å². The van der Waals surface area contributed by atoms with Gasteiger partial charge < -0.3 is 9.05 Å². The van der Waals surface area contributed by atoms with Crippen molar-refractivity contribution in [3.8, 4) is 0 Å². The minimum atomic E-state index is -4.45. The van der Waals surface area contributed by atoms with E-state index in [4.69, 9.17) is 9.05 Å². The van der Waals surface area contributed by atoms with Crippen molar-refractivity contribution in [2.75, 3.05) is 13.2 Å². The lowest BCUT2D eigenvalue weighted by Gasteiger charge is -2.27. The van der Waals surface area contributed by atoms with Gasteiger partial charge in [-0.3, -0.25) is 4.57 Å². The summed E-state index contributed by atoms with van der Waals surface area (Å²) in [5.74, 6) is 1.92. The van der Waals surface area contributed by atoms with Crippen LogP contribution in [0.3, 0.4) is 0 Å². The Balaban J connectivity index is 1.73. The second-order valence-electron chi connectivity index (χ2n) is 7.94. The average Bonchev–Trinajstić information content (AvgIpc) is 2.95. The zero-order valence-corrected chi connectivity index (χ0v) is 16.1. The molecule has 146 valence electrons. The molecule has 1 aromatic carbocycles. The first-order valence-electron chi connectivity index (χ1n) is 9.63. The summed E-state index contributed by atoms with van der Waals surface area (Å²) >= 11 is 0. The number of allylic oxidation sites excluding steroid dienone is 2.